The Morgan fingerprint density at radius 2 is 1.88 bits per heavy atom. The third kappa shape index (κ3) is 4.64. The van der Waals surface area contributed by atoms with Gasteiger partial charge in [0.1, 0.15) is 10.8 Å². The molecule has 0 radical (unpaired) electrons. The van der Waals surface area contributed by atoms with Gasteiger partial charge in [-0.1, -0.05) is 46.4 Å². The largest absolute Gasteiger partial charge is 0.451 e. The topological polar surface area (TPSA) is 94.3 Å². The van der Waals surface area contributed by atoms with Crippen molar-refractivity contribution in [2.24, 2.45) is 0 Å². The van der Waals surface area contributed by atoms with Crippen LogP contribution in [-0.4, -0.2) is 23.5 Å². The lowest BCUT2D eigenvalue weighted by atomic mass is 10.3. The molecular weight excluding hydrogens is 419 g/mol. The lowest BCUT2D eigenvalue weighted by molar-refractivity contribution is -0.119. The van der Waals surface area contributed by atoms with Crippen LogP contribution in [-0.2, 0) is 9.53 Å². The lowest BCUT2D eigenvalue weighted by Crippen LogP contribution is -2.22. The van der Waals surface area contributed by atoms with Gasteiger partial charge in [-0.2, -0.15) is 0 Å². The zero-order valence-corrected chi connectivity index (χ0v) is 15.1. The first-order valence-corrected chi connectivity index (χ1v) is 7.94. The summed E-state index contributed by atoms with van der Waals surface area (Å²) in [5.41, 5.74) is 5.21. The SMILES string of the molecule is Nc1c(Cl)c(Cl)nc(C(=O)OCC(=O)Nc2ccc(F)cc2Cl)c1Cl. The van der Waals surface area contributed by atoms with Crippen molar-refractivity contribution in [3.63, 3.8) is 0 Å². The fourth-order valence-corrected chi connectivity index (χ4v) is 2.44. The Bertz CT molecular complexity index is 864. The molecule has 11 heteroatoms. The maximum Gasteiger partial charge on any atom is 0.359 e. The van der Waals surface area contributed by atoms with Crippen molar-refractivity contribution in [1.29, 1.82) is 0 Å². The molecule has 132 valence electrons. The van der Waals surface area contributed by atoms with Gasteiger partial charge in [0, 0.05) is 0 Å². The summed E-state index contributed by atoms with van der Waals surface area (Å²) < 4.78 is 17.7. The van der Waals surface area contributed by atoms with Crippen LogP contribution >= 0.6 is 46.4 Å². The summed E-state index contributed by atoms with van der Waals surface area (Å²) in [6.45, 7) is -0.676. The van der Waals surface area contributed by atoms with Gasteiger partial charge in [-0.3, -0.25) is 4.79 Å². The van der Waals surface area contributed by atoms with Gasteiger partial charge < -0.3 is 15.8 Å². The molecule has 0 aliphatic carbocycles. The Kier molecular flexibility index (Phi) is 6.29. The summed E-state index contributed by atoms with van der Waals surface area (Å²) in [5.74, 6) is -2.31. The van der Waals surface area contributed by atoms with E-state index in [-0.39, 0.29) is 37.3 Å². The monoisotopic (exact) mass is 425 g/mol. The Morgan fingerprint density at radius 3 is 2.52 bits per heavy atom. The van der Waals surface area contributed by atoms with Crippen LogP contribution in [0.5, 0.6) is 0 Å². The molecule has 1 aromatic carbocycles. The van der Waals surface area contributed by atoms with E-state index >= 15 is 0 Å². The molecule has 0 unspecified atom stereocenters. The number of nitrogen functional groups attached to an aromatic ring is 1. The van der Waals surface area contributed by atoms with Crippen molar-refractivity contribution in [3.05, 3.63) is 49.9 Å². The lowest BCUT2D eigenvalue weighted by Gasteiger charge is -2.10. The van der Waals surface area contributed by atoms with Crippen LogP contribution in [0.3, 0.4) is 0 Å². The highest BCUT2D eigenvalue weighted by molar-refractivity contribution is 6.46. The van der Waals surface area contributed by atoms with Crippen molar-refractivity contribution in [2.45, 2.75) is 0 Å². The Labute approximate surface area is 161 Å². The maximum atomic E-state index is 12.9. The number of esters is 1. The highest BCUT2D eigenvalue weighted by atomic mass is 35.5. The molecule has 6 nitrogen and oxygen atoms in total. The third-order valence-corrected chi connectivity index (χ3v) is 4.25. The highest BCUT2D eigenvalue weighted by Gasteiger charge is 2.21. The van der Waals surface area contributed by atoms with Crippen molar-refractivity contribution in [3.8, 4) is 0 Å². The number of nitrogens with one attached hydrogen (secondary N) is 1. The summed E-state index contributed by atoms with van der Waals surface area (Å²) in [5, 5.41) is 1.75. The number of nitrogens with zero attached hydrogens (tertiary/aromatic N) is 1. The molecule has 0 saturated carbocycles. The summed E-state index contributed by atoms with van der Waals surface area (Å²) in [4.78, 5) is 27.4. The molecule has 2 aromatic rings. The molecular formula is C14H8Cl4FN3O3. The van der Waals surface area contributed by atoms with E-state index in [1.54, 1.807) is 0 Å². The van der Waals surface area contributed by atoms with Crippen LogP contribution in [0.2, 0.25) is 20.2 Å². The molecule has 1 heterocycles. The van der Waals surface area contributed by atoms with Gasteiger partial charge >= 0.3 is 5.97 Å². The number of carbonyl (C=O) groups is 2. The van der Waals surface area contributed by atoms with E-state index in [4.69, 9.17) is 56.9 Å². The predicted octanol–water partition coefficient (Wildman–Crippen LogP) is 4.21. The second-order valence-electron chi connectivity index (χ2n) is 4.54. The standard InChI is InChI=1S/C14H8Cl4FN3O3/c15-6-3-5(19)1-2-7(6)21-8(23)4-25-14(24)12-9(16)11(20)10(17)13(18)22-12/h1-3H,4H2,(H2,20,22)(H,21,23). The van der Waals surface area contributed by atoms with Crippen LogP contribution < -0.4 is 11.1 Å². The van der Waals surface area contributed by atoms with Crippen molar-refractivity contribution < 1.29 is 18.7 Å². The van der Waals surface area contributed by atoms with Crippen LogP contribution in [0.1, 0.15) is 10.5 Å². The molecule has 1 amide bonds. The van der Waals surface area contributed by atoms with Crippen LogP contribution in [0.4, 0.5) is 15.8 Å². The highest BCUT2D eigenvalue weighted by Crippen LogP contribution is 2.34. The van der Waals surface area contributed by atoms with E-state index in [1.165, 1.54) is 6.07 Å². The minimum absolute atomic E-state index is 0.0124. The van der Waals surface area contributed by atoms with Crippen LogP contribution in [0, 0.1) is 5.82 Å². The number of aromatic nitrogens is 1. The summed E-state index contributed by atoms with van der Waals surface area (Å²) in [6, 6.07) is 3.39. The fraction of sp³-hybridized carbons (Fsp3) is 0.0714. The first-order valence-electron chi connectivity index (χ1n) is 6.42. The Morgan fingerprint density at radius 1 is 1.20 bits per heavy atom. The van der Waals surface area contributed by atoms with Gasteiger partial charge in [-0.05, 0) is 18.2 Å². The van der Waals surface area contributed by atoms with Crippen molar-refractivity contribution in [2.75, 3.05) is 17.7 Å². The normalized spacial score (nSPS) is 10.4. The summed E-state index contributed by atoms with van der Waals surface area (Å²) in [6.07, 6.45) is 0. The third-order valence-electron chi connectivity index (χ3n) is 2.80. The van der Waals surface area contributed by atoms with Gasteiger partial charge in [-0.15, -0.1) is 0 Å². The van der Waals surface area contributed by atoms with Gasteiger partial charge in [0.25, 0.3) is 5.91 Å². The van der Waals surface area contributed by atoms with Crippen LogP contribution in [0.15, 0.2) is 18.2 Å². The summed E-state index contributed by atoms with van der Waals surface area (Å²) in [7, 11) is 0. The zero-order valence-electron chi connectivity index (χ0n) is 12.1. The molecule has 0 fully saturated rings. The molecule has 0 bridgehead atoms. The van der Waals surface area contributed by atoms with Crippen molar-refractivity contribution >= 4 is 69.7 Å². The van der Waals surface area contributed by atoms with Crippen LogP contribution in [0.25, 0.3) is 0 Å². The Balaban J connectivity index is 2.04. The van der Waals surface area contributed by atoms with Gasteiger partial charge in [0.15, 0.2) is 17.5 Å². The number of pyridine rings is 1. The van der Waals surface area contributed by atoms with E-state index in [0.29, 0.717) is 0 Å². The van der Waals surface area contributed by atoms with Gasteiger partial charge in [0.2, 0.25) is 0 Å². The quantitative estimate of drug-likeness (QED) is 0.564. The van der Waals surface area contributed by atoms with Gasteiger partial charge in [0.05, 0.1) is 21.4 Å². The molecule has 1 aromatic heterocycles. The predicted molar refractivity (Wildman–Crippen MR) is 94.0 cm³/mol. The van der Waals surface area contributed by atoms with E-state index < -0.39 is 24.3 Å². The molecule has 0 aliphatic heterocycles. The number of rotatable bonds is 4. The minimum atomic E-state index is -1.03. The Hall–Kier alpha value is -1.80. The number of anilines is 2. The van der Waals surface area contributed by atoms with E-state index in [2.05, 4.69) is 10.3 Å². The van der Waals surface area contributed by atoms with Crippen molar-refractivity contribution in [1.82, 2.24) is 4.98 Å². The molecule has 0 aliphatic rings. The van der Waals surface area contributed by atoms with E-state index in [9.17, 15) is 14.0 Å². The van der Waals surface area contributed by atoms with E-state index in [1.807, 2.05) is 0 Å². The summed E-state index contributed by atoms with van der Waals surface area (Å²) >= 11 is 23.1. The average molecular weight is 427 g/mol. The minimum Gasteiger partial charge on any atom is -0.451 e. The number of carbonyl (C=O) groups excluding carboxylic acids is 2. The molecule has 2 rings (SSSR count). The fourth-order valence-electron chi connectivity index (χ4n) is 1.64. The second-order valence-corrected chi connectivity index (χ2v) is 6.06. The maximum absolute atomic E-state index is 12.9. The number of ether oxygens (including phenoxy) is 1. The molecule has 0 atom stereocenters. The molecule has 25 heavy (non-hydrogen) atoms. The number of hydrogen-bond donors (Lipinski definition) is 2. The number of hydrogen-bond acceptors (Lipinski definition) is 5. The first-order chi connectivity index (χ1) is 11.7. The molecule has 0 saturated heterocycles. The van der Waals surface area contributed by atoms with E-state index in [0.717, 1.165) is 12.1 Å². The smallest absolute Gasteiger partial charge is 0.359 e. The number of nitrogens with two attached hydrogens (primary N) is 1. The first kappa shape index (κ1) is 19.5. The second kappa shape index (κ2) is 8.05. The molecule has 3 N–H and O–H groups in total. The molecule has 0 spiro atoms. The zero-order chi connectivity index (χ0) is 18.7. The number of benzene rings is 1. The number of halogens is 5. The number of amides is 1. The van der Waals surface area contributed by atoms with Gasteiger partial charge in [-0.25, -0.2) is 14.2 Å². The average Bonchev–Trinajstić information content (AvgIpc) is 2.56.